The van der Waals surface area contributed by atoms with Crippen LogP contribution in [-0.4, -0.2) is 32.1 Å². The minimum atomic E-state index is -0.732. The van der Waals surface area contributed by atoms with E-state index in [1.165, 1.54) is 6.07 Å². The van der Waals surface area contributed by atoms with Crippen molar-refractivity contribution in [2.45, 2.75) is 57.5 Å². The Hall–Kier alpha value is -3.22. The van der Waals surface area contributed by atoms with E-state index in [-0.39, 0.29) is 24.3 Å². The molecule has 0 atom stereocenters. The average Bonchev–Trinajstić information content (AvgIpc) is 3.38. The van der Waals surface area contributed by atoms with Gasteiger partial charge in [0.15, 0.2) is 0 Å². The van der Waals surface area contributed by atoms with Gasteiger partial charge in [-0.3, -0.25) is 4.79 Å². The van der Waals surface area contributed by atoms with Gasteiger partial charge in [-0.2, -0.15) is 0 Å². The number of ether oxygens (including phenoxy) is 1. The molecular weight excluding hydrogens is 409 g/mol. The fraction of sp³-hybridized carbons (Fsp3) is 0.400. The maximum Gasteiger partial charge on any atom is 0.303 e. The average molecular weight is 435 g/mol. The third-order valence-corrected chi connectivity index (χ3v) is 6.54. The number of nitrogens with one attached hydrogen (secondary N) is 1. The number of aromatic nitrogens is 3. The van der Waals surface area contributed by atoms with E-state index in [1.54, 1.807) is 12.3 Å². The number of halogens is 1. The van der Waals surface area contributed by atoms with E-state index in [9.17, 15) is 9.18 Å². The van der Waals surface area contributed by atoms with Crippen molar-refractivity contribution >= 4 is 5.97 Å². The van der Waals surface area contributed by atoms with Gasteiger partial charge in [-0.25, -0.2) is 14.4 Å². The van der Waals surface area contributed by atoms with Gasteiger partial charge < -0.3 is 14.8 Å². The predicted molar refractivity (Wildman–Crippen MR) is 118 cm³/mol. The maximum atomic E-state index is 14.8. The van der Waals surface area contributed by atoms with Crippen LogP contribution in [0.2, 0.25) is 0 Å². The fourth-order valence-corrected chi connectivity index (χ4v) is 4.80. The zero-order valence-electron chi connectivity index (χ0n) is 17.8. The molecule has 5 rings (SSSR count). The minimum absolute atomic E-state index is 0.0602. The van der Waals surface area contributed by atoms with Crippen molar-refractivity contribution in [2.24, 2.45) is 5.92 Å². The van der Waals surface area contributed by atoms with Crippen LogP contribution >= 0.6 is 0 Å². The summed E-state index contributed by atoms with van der Waals surface area (Å²) in [6, 6.07) is 8.85. The Bertz CT molecular complexity index is 1100. The number of hydrogen-bond donors (Lipinski definition) is 2. The van der Waals surface area contributed by atoms with Crippen molar-refractivity contribution < 1.29 is 19.0 Å². The summed E-state index contributed by atoms with van der Waals surface area (Å²) in [5.41, 5.74) is 4.22. The second-order valence-corrected chi connectivity index (χ2v) is 8.80. The normalized spacial score (nSPS) is 20.2. The van der Waals surface area contributed by atoms with Crippen molar-refractivity contribution in [2.75, 3.05) is 0 Å². The summed E-state index contributed by atoms with van der Waals surface area (Å²) >= 11 is 0. The van der Waals surface area contributed by atoms with Crippen LogP contribution in [0.15, 0.2) is 36.5 Å². The monoisotopic (exact) mass is 435 g/mol. The van der Waals surface area contributed by atoms with E-state index in [0.29, 0.717) is 17.3 Å². The fourth-order valence-electron chi connectivity index (χ4n) is 4.80. The number of fused-ring (bicyclic) bond motifs is 1. The third kappa shape index (κ3) is 4.38. The molecule has 1 aromatic carbocycles. The van der Waals surface area contributed by atoms with Crippen LogP contribution in [0.4, 0.5) is 4.39 Å². The van der Waals surface area contributed by atoms with Gasteiger partial charge in [-0.05, 0) is 74.6 Å². The Balaban J connectivity index is 1.23. The van der Waals surface area contributed by atoms with E-state index in [0.717, 1.165) is 67.5 Å². The highest BCUT2D eigenvalue weighted by atomic mass is 19.1. The SMILES string of the molecule is O=C(O)CC1CCC(Oc2ccc(-c3ccc(-c4nc5c([nH]4)CCC5)c(F)c3)cn2)CC1. The first kappa shape index (κ1) is 20.7. The molecule has 2 aromatic heterocycles. The van der Waals surface area contributed by atoms with E-state index < -0.39 is 5.97 Å². The van der Waals surface area contributed by atoms with Crippen LogP contribution in [0.3, 0.4) is 0 Å². The molecule has 1 saturated carbocycles. The lowest BCUT2D eigenvalue weighted by Gasteiger charge is -2.27. The standard InChI is InChI=1S/C25H26FN3O3/c26-20-13-16(6-10-19(20)25-28-21-2-1-3-22(21)29-25)17-7-11-23(27-14-17)32-18-8-4-15(5-9-18)12-24(30)31/h6-7,10-11,13-15,18H,1-5,8-9,12H2,(H,28,29)(H,30,31). The number of aliphatic carboxylic acids is 1. The number of rotatable bonds is 6. The topological polar surface area (TPSA) is 88.1 Å². The number of carboxylic acid groups (broad SMARTS) is 1. The van der Waals surface area contributed by atoms with Crippen LogP contribution in [-0.2, 0) is 17.6 Å². The molecular formula is C25H26FN3O3. The number of imidazole rings is 1. The number of aromatic amines is 1. The van der Waals surface area contributed by atoms with E-state index in [1.807, 2.05) is 18.2 Å². The number of carboxylic acids is 1. The van der Waals surface area contributed by atoms with Crippen molar-refractivity contribution in [1.82, 2.24) is 15.0 Å². The summed E-state index contributed by atoms with van der Waals surface area (Å²) in [6.45, 7) is 0. The van der Waals surface area contributed by atoms with Crippen molar-refractivity contribution in [1.29, 1.82) is 0 Å². The third-order valence-electron chi connectivity index (χ3n) is 6.54. The zero-order valence-corrected chi connectivity index (χ0v) is 17.8. The molecule has 3 aromatic rings. The minimum Gasteiger partial charge on any atom is -0.481 e. The second kappa shape index (κ2) is 8.73. The number of nitrogens with zero attached hydrogens (tertiary/aromatic N) is 2. The highest BCUT2D eigenvalue weighted by Gasteiger charge is 2.24. The summed E-state index contributed by atoms with van der Waals surface area (Å²) in [5, 5.41) is 8.93. The summed E-state index contributed by atoms with van der Waals surface area (Å²) in [4.78, 5) is 23.1. The molecule has 0 aliphatic heterocycles. The number of carbonyl (C=O) groups is 1. The molecule has 0 saturated heterocycles. The highest BCUT2D eigenvalue weighted by molar-refractivity contribution is 5.68. The largest absolute Gasteiger partial charge is 0.481 e. The van der Waals surface area contributed by atoms with Gasteiger partial charge >= 0.3 is 5.97 Å². The quantitative estimate of drug-likeness (QED) is 0.557. The van der Waals surface area contributed by atoms with Gasteiger partial charge in [0.25, 0.3) is 0 Å². The molecule has 2 aliphatic rings. The molecule has 0 unspecified atom stereocenters. The molecule has 2 aliphatic carbocycles. The van der Waals surface area contributed by atoms with Gasteiger partial charge in [-0.15, -0.1) is 0 Å². The molecule has 2 N–H and O–H groups in total. The lowest BCUT2D eigenvalue weighted by Crippen LogP contribution is -2.25. The van der Waals surface area contributed by atoms with Crippen molar-refractivity contribution in [3.8, 4) is 28.4 Å². The van der Waals surface area contributed by atoms with Crippen LogP contribution in [0, 0.1) is 11.7 Å². The molecule has 7 heteroatoms. The maximum absolute atomic E-state index is 14.8. The molecule has 0 bridgehead atoms. The first-order valence-corrected chi connectivity index (χ1v) is 11.3. The Labute approximate surface area is 185 Å². The first-order valence-electron chi connectivity index (χ1n) is 11.3. The summed E-state index contributed by atoms with van der Waals surface area (Å²) in [7, 11) is 0. The zero-order chi connectivity index (χ0) is 22.1. The molecule has 166 valence electrons. The van der Waals surface area contributed by atoms with E-state index in [2.05, 4.69) is 15.0 Å². The van der Waals surface area contributed by atoms with Gasteiger partial charge in [0, 0.05) is 29.9 Å². The van der Waals surface area contributed by atoms with E-state index >= 15 is 0 Å². The summed E-state index contributed by atoms with van der Waals surface area (Å²) in [5.74, 6) is 0.330. The Morgan fingerprint density at radius 1 is 1.12 bits per heavy atom. The van der Waals surface area contributed by atoms with Crippen LogP contribution < -0.4 is 4.74 Å². The smallest absolute Gasteiger partial charge is 0.303 e. The lowest BCUT2D eigenvalue weighted by atomic mass is 9.85. The highest BCUT2D eigenvalue weighted by Crippen LogP contribution is 2.31. The molecule has 0 spiro atoms. The lowest BCUT2D eigenvalue weighted by molar-refractivity contribution is -0.138. The Morgan fingerprint density at radius 3 is 2.62 bits per heavy atom. The van der Waals surface area contributed by atoms with Gasteiger partial charge in [0.05, 0.1) is 11.3 Å². The number of hydrogen-bond acceptors (Lipinski definition) is 4. The molecule has 2 heterocycles. The molecule has 6 nitrogen and oxygen atoms in total. The van der Waals surface area contributed by atoms with Crippen LogP contribution in [0.1, 0.15) is 49.9 Å². The van der Waals surface area contributed by atoms with Crippen molar-refractivity contribution in [3.63, 3.8) is 0 Å². The predicted octanol–water partition coefficient (Wildman–Crippen LogP) is 5.18. The number of aryl methyl sites for hydroxylation is 2. The van der Waals surface area contributed by atoms with Gasteiger partial charge in [0.1, 0.15) is 17.7 Å². The first-order chi connectivity index (χ1) is 15.5. The molecule has 1 fully saturated rings. The molecule has 32 heavy (non-hydrogen) atoms. The van der Waals surface area contributed by atoms with Crippen molar-refractivity contribution in [3.05, 3.63) is 53.7 Å². The molecule has 0 amide bonds. The van der Waals surface area contributed by atoms with E-state index in [4.69, 9.17) is 9.84 Å². The number of pyridine rings is 1. The summed E-state index contributed by atoms with van der Waals surface area (Å²) < 4.78 is 20.8. The van der Waals surface area contributed by atoms with Gasteiger partial charge in [-0.1, -0.05) is 6.07 Å². The number of benzene rings is 1. The Kier molecular flexibility index (Phi) is 5.64. The molecule has 0 radical (unpaired) electrons. The van der Waals surface area contributed by atoms with Crippen LogP contribution in [0.5, 0.6) is 5.88 Å². The van der Waals surface area contributed by atoms with Crippen LogP contribution in [0.25, 0.3) is 22.5 Å². The summed E-state index contributed by atoms with van der Waals surface area (Å²) in [6.07, 6.45) is 8.42. The second-order valence-electron chi connectivity index (χ2n) is 8.80. The Morgan fingerprint density at radius 2 is 1.94 bits per heavy atom. The van der Waals surface area contributed by atoms with Gasteiger partial charge in [0.2, 0.25) is 5.88 Å². The number of H-pyrrole nitrogens is 1.